The van der Waals surface area contributed by atoms with Gasteiger partial charge in [-0.05, 0) is 0 Å². The summed E-state index contributed by atoms with van der Waals surface area (Å²) in [5.74, 6) is 2.11. The van der Waals surface area contributed by atoms with Crippen LogP contribution in [0.2, 0.25) is 0 Å². The minimum atomic E-state index is -4.39. The highest BCUT2D eigenvalue weighted by molar-refractivity contribution is 5.92. The molecule has 0 aliphatic carbocycles. The fourth-order valence-electron chi connectivity index (χ4n) is 2.13. The third kappa shape index (κ3) is 3.98. The first kappa shape index (κ1) is 15.4. The van der Waals surface area contributed by atoms with Crippen molar-refractivity contribution >= 4 is 5.91 Å². The van der Waals surface area contributed by atoms with Crippen LogP contribution in [0.25, 0.3) is 0 Å². The molecule has 2 heterocycles. The Kier molecular flexibility index (Phi) is 4.53. The van der Waals surface area contributed by atoms with Gasteiger partial charge in [-0.1, -0.05) is 0 Å². The molecule has 1 aliphatic rings. The Morgan fingerprint density at radius 2 is 2.38 bits per heavy atom. The van der Waals surface area contributed by atoms with Crippen molar-refractivity contribution in [3.8, 4) is 12.3 Å². The Hall–Kier alpha value is -2.01. The molecule has 114 valence electrons. The third-order valence-electron chi connectivity index (χ3n) is 3.04. The average Bonchev–Trinajstić information content (AvgIpc) is 2.80. The Bertz CT molecular complexity index is 560. The van der Waals surface area contributed by atoms with Crippen molar-refractivity contribution in [3.63, 3.8) is 0 Å². The van der Waals surface area contributed by atoms with E-state index in [1.165, 1.54) is 6.20 Å². The van der Waals surface area contributed by atoms with Gasteiger partial charge in [-0.3, -0.25) is 4.79 Å². The van der Waals surface area contributed by atoms with Gasteiger partial charge in [-0.25, -0.2) is 4.98 Å². The molecule has 1 aromatic rings. The summed E-state index contributed by atoms with van der Waals surface area (Å²) in [6, 6.07) is -1.14. The quantitative estimate of drug-likeness (QED) is 0.857. The van der Waals surface area contributed by atoms with Gasteiger partial charge in [-0.2, -0.15) is 13.2 Å². The molecule has 1 N–H and O–H groups in total. The molecule has 0 aromatic carbocycles. The second-order valence-corrected chi connectivity index (χ2v) is 4.66. The molecule has 5 nitrogen and oxygen atoms in total. The van der Waals surface area contributed by atoms with Crippen LogP contribution in [0.3, 0.4) is 0 Å². The van der Waals surface area contributed by atoms with Crippen LogP contribution in [-0.2, 0) is 17.9 Å². The van der Waals surface area contributed by atoms with Crippen molar-refractivity contribution < 1.29 is 22.7 Å². The molecule has 1 aromatic heterocycles. The van der Waals surface area contributed by atoms with Gasteiger partial charge >= 0.3 is 6.18 Å². The van der Waals surface area contributed by atoms with Crippen LogP contribution >= 0.6 is 0 Å². The lowest BCUT2D eigenvalue weighted by Gasteiger charge is -2.20. The number of carbonyl (C=O) groups excluding carboxylic acids is 1. The van der Waals surface area contributed by atoms with Crippen LogP contribution in [-0.4, -0.2) is 34.3 Å². The van der Waals surface area contributed by atoms with E-state index in [0.717, 1.165) is 0 Å². The standard InChI is InChI=1S/C13H14F3N3O2/c1-2-3-9(6-13(14,15)16)18-12(20)10-7-17-11-8-21-5-4-19(10)11/h1,7,9H,3-6,8H2,(H,18,20)/t9-/m0/s1. The third-order valence-corrected chi connectivity index (χ3v) is 3.04. The van der Waals surface area contributed by atoms with Gasteiger partial charge in [0.25, 0.3) is 5.91 Å². The molecular weight excluding hydrogens is 287 g/mol. The molecule has 0 bridgehead atoms. The van der Waals surface area contributed by atoms with E-state index in [1.807, 2.05) is 0 Å². The molecule has 1 amide bonds. The molecule has 21 heavy (non-hydrogen) atoms. The van der Waals surface area contributed by atoms with E-state index < -0.39 is 24.5 Å². The number of nitrogens with one attached hydrogen (secondary N) is 1. The van der Waals surface area contributed by atoms with Crippen LogP contribution in [0.5, 0.6) is 0 Å². The van der Waals surface area contributed by atoms with E-state index in [9.17, 15) is 18.0 Å². The normalized spacial score (nSPS) is 15.9. The summed E-state index contributed by atoms with van der Waals surface area (Å²) in [7, 11) is 0. The number of halogens is 3. The number of alkyl halides is 3. The molecule has 0 unspecified atom stereocenters. The number of hydrogen-bond donors (Lipinski definition) is 1. The van der Waals surface area contributed by atoms with Crippen LogP contribution in [0.1, 0.15) is 29.2 Å². The van der Waals surface area contributed by atoms with E-state index in [1.54, 1.807) is 4.57 Å². The minimum absolute atomic E-state index is 0.185. The Morgan fingerprint density at radius 3 is 3.05 bits per heavy atom. The summed E-state index contributed by atoms with van der Waals surface area (Å²) < 4.78 is 44.1. The first-order chi connectivity index (χ1) is 9.90. The maximum absolute atomic E-state index is 12.4. The van der Waals surface area contributed by atoms with Gasteiger partial charge < -0.3 is 14.6 Å². The maximum atomic E-state index is 12.4. The second kappa shape index (κ2) is 6.18. The van der Waals surface area contributed by atoms with Gasteiger partial charge in [0.15, 0.2) is 0 Å². The number of hydrogen-bond acceptors (Lipinski definition) is 3. The van der Waals surface area contributed by atoms with E-state index in [0.29, 0.717) is 19.0 Å². The zero-order valence-corrected chi connectivity index (χ0v) is 11.1. The zero-order chi connectivity index (χ0) is 15.5. The molecule has 0 spiro atoms. The lowest BCUT2D eigenvalue weighted by Crippen LogP contribution is -2.39. The molecule has 0 radical (unpaired) electrons. The second-order valence-electron chi connectivity index (χ2n) is 4.66. The molecule has 2 rings (SSSR count). The number of ether oxygens (including phenoxy) is 1. The smallest absolute Gasteiger partial charge is 0.372 e. The van der Waals surface area contributed by atoms with Crippen LogP contribution in [0, 0.1) is 12.3 Å². The van der Waals surface area contributed by atoms with E-state index >= 15 is 0 Å². The van der Waals surface area contributed by atoms with Crippen molar-refractivity contribution in [2.75, 3.05) is 6.61 Å². The highest BCUT2D eigenvalue weighted by atomic mass is 19.4. The fourth-order valence-corrected chi connectivity index (χ4v) is 2.13. The molecule has 0 saturated carbocycles. The molecule has 8 heteroatoms. The van der Waals surface area contributed by atoms with Gasteiger partial charge in [0, 0.05) is 19.0 Å². The zero-order valence-electron chi connectivity index (χ0n) is 11.1. The average molecular weight is 301 g/mol. The minimum Gasteiger partial charge on any atom is -0.372 e. The molecule has 1 atom stereocenters. The Labute approximate surface area is 119 Å². The Balaban J connectivity index is 2.08. The first-order valence-corrected chi connectivity index (χ1v) is 6.34. The highest BCUT2D eigenvalue weighted by Crippen LogP contribution is 2.23. The fraction of sp³-hybridized carbons (Fsp3) is 0.538. The van der Waals surface area contributed by atoms with Crippen molar-refractivity contribution in [3.05, 3.63) is 17.7 Å². The number of amides is 1. The number of aromatic nitrogens is 2. The van der Waals surface area contributed by atoms with Crippen molar-refractivity contribution in [1.29, 1.82) is 0 Å². The lowest BCUT2D eigenvalue weighted by molar-refractivity contribution is -0.139. The van der Waals surface area contributed by atoms with Gasteiger partial charge in [0.05, 0.1) is 19.2 Å². The summed E-state index contributed by atoms with van der Waals surface area (Å²) in [6.45, 7) is 1.15. The van der Waals surface area contributed by atoms with Crippen molar-refractivity contribution in [2.45, 2.75) is 38.2 Å². The van der Waals surface area contributed by atoms with E-state index in [2.05, 4.69) is 16.2 Å². The summed E-state index contributed by atoms with van der Waals surface area (Å²) >= 11 is 0. The molecule has 1 aliphatic heterocycles. The van der Waals surface area contributed by atoms with Crippen molar-refractivity contribution in [2.24, 2.45) is 0 Å². The van der Waals surface area contributed by atoms with Gasteiger partial charge in [0.1, 0.15) is 18.1 Å². The largest absolute Gasteiger partial charge is 0.391 e. The summed E-state index contributed by atoms with van der Waals surface area (Å²) in [4.78, 5) is 16.1. The number of nitrogens with zero attached hydrogens (tertiary/aromatic N) is 2. The number of imidazole rings is 1. The first-order valence-electron chi connectivity index (χ1n) is 6.34. The van der Waals surface area contributed by atoms with Gasteiger partial charge in [-0.15, -0.1) is 12.3 Å². The van der Waals surface area contributed by atoms with E-state index in [-0.39, 0.29) is 18.7 Å². The van der Waals surface area contributed by atoms with Gasteiger partial charge in [0.2, 0.25) is 0 Å². The predicted molar refractivity (Wildman–Crippen MR) is 67.3 cm³/mol. The molecular formula is C13H14F3N3O2. The summed E-state index contributed by atoms with van der Waals surface area (Å²) in [6.07, 6.45) is 0.650. The van der Waals surface area contributed by atoms with Crippen molar-refractivity contribution in [1.82, 2.24) is 14.9 Å². The van der Waals surface area contributed by atoms with Crippen LogP contribution < -0.4 is 5.32 Å². The molecule has 0 fully saturated rings. The number of rotatable bonds is 4. The predicted octanol–water partition coefficient (Wildman–Crippen LogP) is 1.49. The number of carbonyl (C=O) groups is 1. The SMILES string of the molecule is C#CC[C@@H](CC(F)(F)F)NC(=O)c1cnc2n1CCOC2. The monoisotopic (exact) mass is 301 g/mol. The number of terminal acetylenes is 1. The van der Waals surface area contributed by atoms with E-state index in [4.69, 9.17) is 11.2 Å². The lowest BCUT2D eigenvalue weighted by atomic mass is 10.1. The van der Waals surface area contributed by atoms with Crippen LogP contribution in [0.15, 0.2) is 6.20 Å². The summed E-state index contributed by atoms with van der Waals surface area (Å²) in [5.41, 5.74) is 0.220. The summed E-state index contributed by atoms with van der Waals surface area (Å²) in [5, 5.41) is 2.32. The topological polar surface area (TPSA) is 56.2 Å². The van der Waals surface area contributed by atoms with Crippen LogP contribution in [0.4, 0.5) is 13.2 Å². The Morgan fingerprint density at radius 1 is 1.62 bits per heavy atom. The number of fused-ring (bicyclic) bond motifs is 1. The highest BCUT2D eigenvalue weighted by Gasteiger charge is 2.33. The maximum Gasteiger partial charge on any atom is 0.391 e. The molecule has 0 saturated heterocycles.